The van der Waals surface area contributed by atoms with Crippen LogP contribution < -0.4 is 4.74 Å². The molecule has 16 heavy (non-hydrogen) atoms. The first-order valence-corrected chi connectivity index (χ1v) is 5.41. The lowest BCUT2D eigenvalue weighted by Crippen LogP contribution is -1.90. The van der Waals surface area contributed by atoms with Gasteiger partial charge in [-0.1, -0.05) is 30.3 Å². The van der Waals surface area contributed by atoms with Crippen molar-refractivity contribution < 1.29 is 9.84 Å². The smallest absolute Gasteiger partial charge is 0.177 e. The average Bonchev–Trinajstić information content (AvgIpc) is 3.08. The Hall–Kier alpha value is -1.96. The van der Waals surface area contributed by atoms with Gasteiger partial charge in [0.05, 0.1) is 0 Å². The van der Waals surface area contributed by atoms with E-state index >= 15 is 0 Å². The zero-order valence-electron chi connectivity index (χ0n) is 8.81. The number of benzene rings is 2. The van der Waals surface area contributed by atoms with Crippen LogP contribution in [0.15, 0.2) is 42.5 Å². The van der Waals surface area contributed by atoms with Crippen molar-refractivity contribution in [3.05, 3.63) is 53.6 Å². The Morgan fingerprint density at radius 3 is 2.56 bits per heavy atom. The van der Waals surface area contributed by atoms with Crippen molar-refractivity contribution in [1.29, 1.82) is 0 Å². The summed E-state index contributed by atoms with van der Waals surface area (Å²) in [5, 5.41) is 9.72. The molecule has 1 aliphatic heterocycles. The van der Waals surface area contributed by atoms with Gasteiger partial charge in [0.1, 0.15) is 5.75 Å². The van der Waals surface area contributed by atoms with Crippen molar-refractivity contribution in [2.45, 2.75) is 12.8 Å². The van der Waals surface area contributed by atoms with Gasteiger partial charge >= 0.3 is 0 Å². The highest BCUT2D eigenvalue weighted by Gasteiger charge is 2.26. The quantitative estimate of drug-likeness (QED) is 0.676. The number of rotatable bonds is 3. The Kier molecular flexibility index (Phi) is 2.07. The second-order valence-electron chi connectivity index (χ2n) is 3.98. The summed E-state index contributed by atoms with van der Waals surface area (Å²) in [6, 6.07) is 13.8. The molecule has 0 atom stereocenters. The Morgan fingerprint density at radius 2 is 1.75 bits per heavy atom. The fraction of sp³-hybridized carbons (Fsp3) is 0.143. The van der Waals surface area contributed by atoms with E-state index in [9.17, 15) is 5.11 Å². The number of aryl methyl sites for hydroxylation is 1. The SMILES string of the molecule is Oc1ccc2c(c1CCc1ccccc1)O2. The topological polar surface area (TPSA) is 32.8 Å². The van der Waals surface area contributed by atoms with Gasteiger partial charge in [-0.25, -0.2) is 0 Å². The minimum absolute atomic E-state index is 0.340. The highest BCUT2D eigenvalue weighted by molar-refractivity contribution is 5.63. The third kappa shape index (κ3) is 1.63. The van der Waals surface area contributed by atoms with Crippen molar-refractivity contribution in [3.8, 4) is 17.2 Å². The van der Waals surface area contributed by atoms with Crippen molar-refractivity contribution in [2.75, 3.05) is 0 Å². The maximum Gasteiger partial charge on any atom is 0.177 e. The number of ether oxygens (including phenoxy) is 1. The van der Waals surface area contributed by atoms with Crippen LogP contribution in [0.3, 0.4) is 0 Å². The van der Waals surface area contributed by atoms with Crippen LogP contribution in [0.4, 0.5) is 0 Å². The van der Waals surface area contributed by atoms with E-state index in [2.05, 4.69) is 12.1 Å². The number of phenolic OH excluding ortho intramolecular Hbond substituents is 1. The summed E-state index contributed by atoms with van der Waals surface area (Å²) in [5.74, 6) is 2.11. The summed E-state index contributed by atoms with van der Waals surface area (Å²) in [6.45, 7) is 0. The first kappa shape index (κ1) is 9.28. The van der Waals surface area contributed by atoms with Gasteiger partial charge in [-0.3, -0.25) is 0 Å². The van der Waals surface area contributed by atoms with E-state index in [1.165, 1.54) is 5.56 Å². The lowest BCUT2D eigenvalue weighted by atomic mass is 10.0. The molecule has 0 bridgehead atoms. The molecule has 0 saturated heterocycles. The van der Waals surface area contributed by atoms with Crippen LogP contribution in [0.25, 0.3) is 0 Å². The number of hydrogen-bond donors (Lipinski definition) is 1. The zero-order valence-corrected chi connectivity index (χ0v) is 8.81. The minimum atomic E-state index is 0.340. The highest BCUT2D eigenvalue weighted by atomic mass is 16.6. The first-order chi connectivity index (χ1) is 7.84. The molecular formula is C14H12O2. The van der Waals surface area contributed by atoms with Crippen LogP contribution in [0.1, 0.15) is 11.1 Å². The molecule has 3 rings (SSSR count). The Labute approximate surface area is 94.1 Å². The van der Waals surface area contributed by atoms with E-state index in [1.807, 2.05) is 18.2 Å². The molecule has 80 valence electrons. The molecule has 0 spiro atoms. The fourth-order valence-electron chi connectivity index (χ4n) is 1.93. The molecule has 0 radical (unpaired) electrons. The monoisotopic (exact) mass is 212 g/mol. The minimum Gasteiger partial charge on any atom is -0.508 e. The summed E-state index contributed by atoms with van der Waals surface area (Å²) in [4.78, 5) is 0. The van der Waals surface area contributed by atoms with Gasteiger partial charge in [-0.2, -0.15) is 0 Å². The highest BCUT2D eigenvalue weighted by Crippen LogP contribution is 2.51. The normalized spacial score (nSPS) is 11.8. The number of aromatic hydroxyl groups is 1. The summed E-state index contributed by atoms with van der Waals surface area (Å²) in [6.07, 6.45) is 1.74. The van der Waals surface area contributed by atoms with Gasteiger partial charge < -0.3 is 9.84 Å². The van der Waals surface area contributed by atoms with Gasteiger partial charge in [0, 0.05) is 5.56 Å². The molecule has 0 aliphatic carbocycles. The number of fused-ring (bicyclic) bond motifs is 1. The van der Waals surface area contributed by atoms with Gasteiger partial charge in [-0.05, 0) is 30.5 Å². The molecule has 2 aromatic carbocycles. The second kappa shape index (κ2) is 3.56. The van der Waals surface area contributed by atoms with E-state index in [0.717, 1.165) is 29.9 Å². The predicted octanol–water partition coefficient (Wildman–Crippen LogP) is 3.28. The maximum absolute atomic E-state index is 9.72. The second-order valence-corrected chi connectivity index (χ2v) is 3.98. The van der Waals surface area contributed by atoms with Gasteiger partial charge in [-0.15, -0.1) is 0 Å². The summed E-state index contributed by atoms with van der Waals surface area (Å²) >= 11 is 0. The molecule has 1 aliphatic rings. The Morgan fingerprint density at radius 1 is 0.938 bits per heavy atom. The number of hydrogen-bond acceptors (Lipinski definition) is 2. The molecule has 2 nitrogen and oxygen atoms in total. The molecule has 1 heterocycles. The van der Waals surface area contributed by atoms with Crippen molar-refractivity contribution in [1.82, 2.24) is 0 Å². The molecule has 0 saturated carbocycles. The summed E-state index contributed by atoms with van der Waals surface area (Å²) in [7, 11) is 0. The predicted molar refractivity (Wildman–Crippen MR) is 62.0 cm³/mol. The molecule has 0 amide bonds. The molecule has 0 fully saturated rings. The summed E-state index contributed by atoms with van der Waals surface area (Å²) in [5.41, 5.74) is 2.21. The first-order valence-electron chi connectivity index (χ1n) is 5.41. The molecular weight excluding hydrogens is 200 g/mol. The number of phenols is 1. The van der Waals surface area contributed by atoms with E-state index in [0.29, 0.717) is 5.75 Å². The fourth-order valence-corrected chi connectivity index (χ4v) is 1.93. The van der Waals surface area contributed by atoms with E-state index in [-0.39, 0.29) is 0 Å². The van der Waals surface area contributed by atoms with Crippen LogP contribution >= 0.6 is 0 Å². The lowest BCUT2D eigenvalue weighted by Gasteiger charge is -2.02. The van der Waals surface area contributed by atoms with Crippen LogP contribution in [-0.4, -0.2) is 5.11 Å². The van der Waals surface area contributed by atoms with Crippen LogP contribution in [0.2, 0.25) is 0 Å². The summed E-state index contributed by atoms with van der Waals surface area (Å²) < 4.78 is 5.28. The maximum atomic E-state index is 9.72. The van der Waals surface area contributed by atoms with Crippen molar-refractivity contribution in [3.63, 3.8) is 0 Å². The van der Waals surface area contributed by atoms with E-state index < -0.39 is 0 Å². The van der Waals surface area contributed by atoms with Crippen molar-refractivity contribution in [2.24, 2.45) is 0 Å². The largest absolute Gasteiger partial charge is 0.508 e. The molecule has 0 unspecified atom stereocenters. The van der Waals surface area contributed by atoms with Crippen LogP contribution in [-0.2, 0) is 12.8 Å². The van der Waals surface area contributed by atoms with Gasteiger partial charge in [0.15, 0.2) is 11.5 Å². The molecule has 0 aromatic heterocycles. The van der Waals surface area contributed by atoms with Gasteiger partial charge in [0.2, 0.25) is 0 Å². The zero-order chi connectivity index (χ0) is 11.0. The standard InChI is InChI=1S/C14H12O2/c15-12-8-9-13-14(16-13)11(12)7-6-10-4-2-1-3-5-10/h1-5,8-9,15H,6-7H2. The van der Waals surface area contributed by atoms with Crippen LogP contribution in [0, 0.1) is 0 Å². The van der Waals surface area contributed by atoms with Crippen LogP contribution in [0.5, 0.6) is 17.2 Å². The molecule has 1 N–H and O–H groups in total. The van der Waals surface area contributed by atoms with E-state index in [1.54, 1.807) is 12.1 Å². The van der Waals surface area contributed by atoms with Crippen molar-refractivity contribution >= 4 is 0 Å². The third-order valence-electron chi connectivity index (χ3n) is 2.88. The Bertz CT molecular complexity index is 514. The molecule has 2 heteroatoms. The lowest BCUT2D eigenvalue weighted by molar-refractivity contribution is 0.467. The van der Waals surface area contributed by atoms with Gasteiger partial charge in [0.25, 0.3) is 0 Å². The average molecular weight is 212 g/mol. The molecule has 2 aromatic rings. The van der Waals surface area contributed by atoms with E-state index in [4.69, 9.17) is 4.74 Å². The third-order valence-corrected chi connectivity index (χ3v) is 2.88. The Balaban J connectivity index is 1.77.